The Morgan fingerprint density at radius 1 is 1.33 bits per heavy atom. The molecule has 1 rings (SSSR count). The molecular formula is C6H12NNaO. The zero-order valence-electron chi connectivity index (χ0n) is 6.94. The molecule has 0 aliphatic carbocycles. The van der Waals surface area contributed by atoms with E-state index >= 15 is 0 Å². The fraction of sp³-hybridized carbons (Fsp3) is 0.833. The van der Waals surface area contributed by atoms with Gasteiger partial charge in [-0.15, -0.1) is 0 Å². The van der Waals surface area contributed by atoms with E-state index in [1.165, 1.54) is 6.42 Å². The third-order valence-electron chi connectivity index (χ3n) is 1.40. The van der Waals surface area contributed by atoms with Crippen LogP contribution >= 0.6 is 0 Å². The Morgan fingerprint density at radius 3 is 2.89 bits per heavy atom. The Balaban J connectivity index is 0. The number of amides is 1. The van der Waals surface area contributed by atoms with Crippen molar-refractivity contribution in [3.63, 3.8) is 0 Å². The first-order chi connectivity index (χ1) is 3.89. The second kappa shape index (κ2) is 5.27. The predicted octanol–water partition coefficient (Wildman–Crippen LogP) is -2.21. The molecule has 48 valence electrons. The van der Waals surface area contributed by atoms with Crippen LogP contribution in [-0.2, 0) is 4.79 Å². The number of rotatable bonds is 0. The van der Waals surface area contributed by atoms with E-state index in [-0.39, 0.29) is 36.9 Å². The number of nitrogens with one attached hydrogen (secondary N) is 1. The van der Waals surface area contributed by atoms with E-state index in [1.807, 2.05) is 0 Å². The van der Waals surface area contributed by atoms with E-state index in [2.05, 4.69) is 5.32 Å². The van der Waals surface area contributed by atoms with Gasteiger partial charge in [-0.3, -0.25) is 4.79 Å². The Kier molecular flexibility index (Phi) is 5.55. The van der Waals surface area contributed by atoms with E-state index < -0.39 is 0 Å². The van der Waals surface area contributed by atoms with Gasteiger partial charge in [0.1, 0.15) is 0 Å². The third kappa shape index (κ3) is 3.95. The van der Waals surface area contributed by atoms with Gasteiger partial charge in [0.2, 0.25) is 5.91 Å². The summed E-state index contributed by atoms with van der Waals surface area (Å²) in [6.07, 6.45) is 4.18. The molecule has 0 aromatic rings. The molecule has 0 unspecified atom stereocenters. The van der Waals surface area contributed by atoms with Crippen LogP contribution in [0.2, 0.25) is 0 Å². The van der Waals surface area contributed by atoms with Gasteiger partial charge in [0, 0.05) is 13.0 Å². The van der Waals surface area contributed by atoms with Crippen molar-refractivity contribution in [1.29, 1.82) is 0 Å². The maximum atomic E-state index is 10.6. The molecule has 9 heavy (non-hydrogen) atoms. The van der Waals surface area contributed by atoms with E-state index in [1.54, 1.807) is 0 Å². The molecular weight excluding hydrogens is 125 g/mol. The van der Waals surface area contributed by atoms with Gasteiger partial charge in [-0.1, -0.05) is 6.42 Å². The van der Waals surface area contributed by atoms with Gasteiger partial charge in [-0.05, 0) is 12.8 Å². The van der Waals surface area contributed by atoms with E-state index in [4.69, 9.17) is 0 Å². The molecule has 0 atom stereocenters. The summed E-state index contributed by atoms with van der Waals surface area (Å²) >= 11 is 0. The fourth-order valence-electron chi connectivity index (χ4n) is 0.904. The maximum Gasteiger partial charge on any atom is 1.00 e. The zero-order chi connectivity index (χ0) is 5.82. The van der Waals surface area contributed by atoms with Gasteiger partial charge in [0.25, 0.3) is 0 Å². The molecule has 1 fully saturated rings. The van der Waals surface area contributed by atoms with Gasteiger partial charge >= 0.3 is 29.6 Å². The van der Waals surface area contributed by atoms with Crippen LogP contribution in [0.4, 0.5) is 0 Å². The zero-order valence-corrected chi connectivity index (χ0v) is 7.94. The summed E-state index contributed by atoms with van der Waals surface area (Å²) < 4.78 is 0. The quantitative estimate of drug-likeness (QED) is 0.377. The minimum Gasteiger partial charge on any atom is -1.00 e. The van der Waals surface area contributed by atoms with Crippen molar-refractivity contribution >= 4 is 5.91 Å². The first-order valence-electron chi connectivity index (χ1n) is 3.16. The van der Waals surface area contributed by atoms with Crippen LogP contribution in [0.15, 0.2) is 0 Å². The summed E-state index contributed by atoms with van der Waals surface area (Å²) in [7, 11) is 0. The molecule has 0 bridgehead atoms. The van der Waals surface area contributed by atoms with E-state index in [9.17, 15) is 4.79 Å². The average Bonchev–Trinajstić information content (AvgIpc) is 1.94. The minimum atomic E-state index is 0. The van der Waals surface area contributed by atoms with Crippen LogP contribution in [0.3, 0.4) is 0 Å². The number of hydrogen-bond donors (Lipinski definition) is 1. The van der Waals surface area contributed by atoms with E-state index in [0.29, 0.717) is 0 Å². The number of carbonyl (C=O) groups is 1. The summed E-state index contributed by atoms with van der Waals surface area (Å²) in [6.45, 7) is 0.888. The fourth-order valence-corrected chi connectivity index (χ4v) is 0.904. The van der Waals surface area contributed by atoms with Crippen molar-refractivity contribution in [3.05, 3.63) is 0 Å². The monoisotopic (exact) mass is 137 g/mol. The molecule has 0 aromatic heterocycles. The molecule has 1 aliphatic rings. The minimum absolute atomic E-state index is 0. The van der Waals surface area contributed by atoms with Crippen molar-refractivity contribution in [1.82, 2.24) is 5.32 Å². The molecule has 0 saturated carbocycles. The number of hydrogen-bond acceptors (Lipinski definition) is 1. The Labute approximate surface area is 79.2 Å². The van der Waals surface area contributed by atoms with Crippen LogP contribution in [0.25, 0.3) is 0 Å². The molecule has 0 aromatic carbocycles. The molecule has 1 N–H and O–H groups in total. The Hall–Kier alpha value is 0.470. The van der Waals surface area contributed by atoms with Crippen LogP contribution in [0, 0.1) is 0 Å². The second-order valence-electron chi connectivity index (χ2n) is 2.16. The molecule has 1 heterocycles. The van der Waals surface area contributed by atoms with Crippen molar-refractivity contribution < 1.29 is 35.8 Å². The third-order valence-corrected chi connectivity index (χ3v) is 1.40. The molecule has 3 heteroatoms. The molecule has 1 amide bonds. The molecule has 1 saturated heterocycles. The summed E-state index contributed by atoms with van der Waals surface area (Å²) in [4.78, 5) is 10.6. The van der Waals surface area contributed by atoms with Crippen molar-refractivity contribution in [2.75, 3.05) is 6.54 Å². The first kappa shape index (κ1) is 9.47. The summed E-state index contributed by atoms with van der Waals surface area (Å²) in [5.41, 5.74) is 0. The standard InChI is InChI=1S/C6H11NO.Na.H/c8-6-4-2-1-3-5-7-6;;/h1-5H2,(H,7,8);;/q;+1;-1. The van der Waals surface area contributed by atoms with Gasteiger partial charge < -0.3 is 6.74 Å². The van der Waals surface area contributed by atoms with Crippen molar-refractivity contribution in [2.24, 2.45) is 0 Å². The van der Waals surface area contributed by atoms with Crippen molar-refractivity contribution in [2.45, 2.75) is 25.7 Å². The van der Waals surface area contributed by atoms with Gasteiger partial charge in [-0.25, -0.2) is 0 Å². The topological polar surface area (TPSA) is 29.1 Å². The SMILES string of the molecule is O=C1CCCCCN1.[H-].[Na+]. The predicted molar refractivity (Wildman–Crippen MR) is 32.6 cm³/mol. The molecule has 0 radical (unpaired) electrons. The average molecular weight is 137 g/mol. The molecule has 0 spiro atoms. The Bertz CT molecular complexity index is 89.7. The normalized spacial score (nSPS) is 19.3. The van der Waals surface area contributed by atoms with Crippen LogP contribution < -0.4 is 34.9 Å². The van der Waals surface area contributed by atoms with Crippen LogP contribution in [0.1, 0.15) is 27.1 Å². The maximum absolute atomic E-state index is 10.6. The summed E-state index contributed by atoms with van der Waals surface area (Å²) in [5, 5.41) is 2.81. The van der Waals surface area contributed by atoms with Gasteiger partial charge in [0.05, 0.1) is 0 Å². The summed E-state index contributed by atoms with van der Waals surface area (Å²) in [6, 6.07) is 0. The molecule has 2 nitrogen and oxygen atoms in total. The van der Waals surface area contributed by atoms with Crippen molar-refractivity contribution in [3.8, 4) is 0 Å². The first-order valence-corrected chi connectivity index (χ1v) is 3.16. The number of carbonyl (C=O) groups excluding carboxylic acids is 1. The summed E-state index contributed by atoms with van der Waals surface area (Å²) in [5.74, 6) is 0.225. The Morgan fingerprint density at radius 2 is 2.11 bits per heavy atom. The van der Waals surface area contributed by atoms with Crippen LogP contribution in [-0.4, -0.2) is 12.5 Å². The molecule has 1 aliphatic heterocycles. The van der Waals surface area contributed by atoms with E-state index in [0.717, 1.165) is 25.8 Å². The van der Waals surface area contributed by atoms with Crippen LogP contribution in [0.5, 0.6) is 0 Å². The van der Waals surface area contributed by atoms with Gasteiger partial charge in [0.15, 0.2) is 0 Å². The largest absolute Gasteiger partial charge is 1.00 e. The second-order valence-corrected chi connectivity index (χ2v) is 2.16. The smallest absolute Gasteiger partial charge is 1.00 e. The van der Waals surface area contributed by atoms with Gasteiger partial charge in [-0.2, -0.15) is 0 Å².